The average molecular weight is 250 g/mol. The van der Waals surface area contributed by atoms with Crippen LogP contribution in [0.5, 0.6) is 0 Å². The Kier molecular flexibility index (Phi) is 4.11. The van der Waals surface area contributed by atoms with Crippen LogP contribution < -0.4 is 5.32 Å². The lowest BCUT2D eigenvalue weighted by molar-refractivity contribution is 0.130. The van der Waals surface area contributed by atoms with E-state index in [1.165, 1.54) is 6.33 Å². The molecule has 0 aliphatic carbocycles. The van der Waals surface area contributed by atoms with E-state index in [0.717, 1.165) is 0 Å². The number of nitrogens with zero attached hydrogens (tertiary/aromatic N) is 2. The number of aromatic nitrogens is 2. The van der Waals surface area contributed by atoms with Crippen LogP contribution in [0.2, 0.25) is 10.3 Å². The number of ether oxygens (including phenoxy) is 1. The van der Waals surface area contributed by atoms with Crippen molar-refractivity contribution >= 4 is 35.0 Å². The first-order valence-corrected chi connectivity index (χ1v) is 4.90. The number of hydrogen-bond acceptors (Lipinski definition) is 4. The molecule has 15 heavy (non-hydrogen) atoms. The van der Waals surface area contributed by atoms with E-state index in [1.54, 1.807) is 13.8 Å². The molecule has 0 bridgehead atoms. The van der Waals surface area contributed by atoms with E-state index in [0.29, 0.717) is 0 Å². The lowest BCUT2D eigenvalue weighted by Gasteiger charge is -2.10. The second-order valence-electron chi connectivity index (χ2n) is 2.91. The Morgan fingerprint density at radius 2 is 1.93 bits per heavy atom. The molecule has 0 spiro atoms. The van der Waals surface area contributed by atoms with Crippen molar-refractivity contribution in [1.29, 1.82) is 0 Å². The third-order valence-electron chi connectivity index (χ3n) is 1.32. The van der Waals surface area contributed by atoms with Crippen molar-refractivity contribution in [3.05, 3.63) is 16.6 Å². The zero-order valence-electron chi connectivity index (χ0n) is 8.12. The van der Waals surface area contributed by atoms with Crippen LogP contribution in [0, 0.1) is 0 Å². The first-order valence-electron chi connectivity index (χ1n) is 4.14. The highest BCUT2D eigenvalue weighted by Crippen LogP contribution is 2.25. The number of carbonyl (C=O) groups is 1. The number of nitrogens with one attached hydrogen (secondary N) is 1. The Labute approximate surface area is 96.8 Å². The van der Waals surface area contributed by atoms with Crippen molar-refractivity contribution in [3.8, 4) is 0 Å². The van der Waals surface area contributed by atoms with Gasteiger partial charge in [0, 0.05) is 0 Å². The Balaban J connectivity index is 2.76. The Hall–Kier alpha value is -1.07. The SMILES string of the molecule is CC(C)OC(=O)Nc1c(Cl)ncnc1Cl. The first-order chi connectivity index (χ1) is 7.00. The Bertz CT molecular complexity index is 351. The summed E-state index contributed by atoms with van der Waals surface area (Å²) in [7, 11) is 0. The van der Waals surface area contributed by atoms with Gasteiger partial charge in [0.05, 0.1) is 6.10 Å². The predicted molar refractivity (Wildman–Crippen MR) is 57.3 cm³/mol. The van der Waals surface area contributed by atoms with E-state index in [-0.39, 0.29) is 22.1 Å². The molecule has 0 radical (unpaired) electrons. The van der Waals surface area contributed by atoms with Gasteiger partial charge in [-0.15, -0.1) is 0 Å². The quantitative estimate of drug-likeness (QED) is 0.819. The van der Waals surface area contributed by atoms with E-state index < -0.39 is 6.09 Å². The Morgan fingerprint density at radius 1 is 1.40 bits per heavy atom. The van der Waals surface area contributed by atoms with Gasteiger partial charge in [0.1, 0.15) is 12.0 Å². The highest BCUT2D eigenvalue weighted by atomic mass is 35.5. The summed E-state index contributed by atoms with van der Waals surface area (Å²) in [4.78, 5) is 18.6. The van der Waals surface area contributed by atoms with E-state index in [4.69, 9.17) is 27.9 Å². The van der Waals surface area contributed by atoms with Gasteiger partial charge >= 0.3 is 6.09 Å². The molecule has 0 unspecified atom stereocenters. The molecule has 1 aromatic heterocycles. The van der Waals surface area contributed by atoms with E-state index in [9.17, 15) is 4.79 Å². The van der Waals surface area contributed by atoms with Crippen LogP contribution in [0.25, 0.3) is 0 Å². The van der Waals surface area contributed by atoms with Gasteiger partial charge in [-0.25, -0.2) is 14.8 Å². The fraction of sp³-hybridized carbons (Fsp3) is 0.375. The van der Waals surface area contributed by atoms with Crippen LogP contribution in [0.15, 0.2) is 6.33 Å². The molecule has 0 fully saturated rings. The van der Waals surface area contributed by atoms with Crippen LogP contribution in [0.3, 0.4) is 0 Å². The third-order valence-corrected chi connectivity index (χ3v) is 1.90. The Morgan fingerprint density at radius 3 is 2.40 bits per heavy atom. The molecule has 0 saturated heterocycles. The number of hydrogen-bond donors (Lipinski definition) is 1. The zero-order chi connectivity index (χ0) is 11.4. The molecule has 1 N–H and O–H groups in total. The summed E-state index contributed by atoms with van der Waals surface area (Å²) in [5, 5.41) is 2.49. The highest BCUT2D eigenvalue weighted by Gasteiger charge is 2.13. The molecule has 1 heterocycles. The monoisotopic (exact) mass is 249 g/mol. The number of halogens is 2. The molecule has 0 atom stereocenters. The topological polar surface area (TPSA) is 64.1 Å². The van der Waals surface area contributed by atoms with Gasteiger partial charge in [0.25, 0.3) is 0 Å². The fourth-order valence-corrected chi connectivity index (χ4v) is 1.20. The predicted octanol–water partition coefficient (Wildman–Crippen LogP) is 2.74. The number of rotatable bonds is 2. The average Bonchev–Trinajstić information content (AvgIpc) is 2.10. The summed E-state index contributed by atoms with van der Waals surface area (Å²) in [6.45, 7) is 3.45. The fourth-order valence-electron chi connectivity index (χ4n) is 0.793. The summed E-state index contributed by atoms with van der Waals surface area (Å²) in [5.74, 6) is 0. The van der Waals surface area contributed by atoms with E-state index in [1.807, 2.05) is 0 Å². The molecule has 1 rings (SSSR count). The normalized spacial score (nSPS) is 10.2. The minimum Gasteiger partial charge on any atom is -0.447 e. The summed E-state index contributed by atoms with van der Waals surface area (Å²) in [6, 6.07) is 0. The molecular formula is C8H9Cl2N3O2. The standard InChI is InChI=1S/C8H9Cl2N3O2/c1-4(2)15-8(14)13-5-6(9)11-3-12-7(5)10/h3-4H,1-2H3,(H,13,14). The van der Waals surface area contributed by atoms with Crippen molar-refractivity contribution in [2.24, 2.45) is 0 Å². The lowest BCUT2D eigenvalue weighted by atomic mass is 10.5. The van der Waals surface area contributed by atoms with Gasteiger partial charge < -0.3 is 4.74 Å². The third kappa shape index (κ3) is 3.53. The summed E-state index contributed by atoms with van der Waals surface area (Å²) >= 11 is 11.4. The van der Waals surface area contributed by atoms with Crippen LogP contribution in [-0.2, 0) is 4.74 Å². The summed E-state index contributed by atoms with van der Waals surface area (Å²) < 4.78 is 4.84. The van der Waals surface area contributed by atoms with Crippen LogP contribution in [0.1, 0.15) is 13.8 Å². The van der Waals surface area contributed by atoms with Crippen molar-refractivity contribution in [3.63, 3.8) is 0 Å². The van der Waals surface area contributed by atoms with Gasteiger partial charge in [-0.2, -0.15) is 0 Å². The van der Waals surface area contributed by atoms with Crippen molar-refractivity contribution in [2.45, 2.75) is 20.0 Å². The van der Waals surface area contributed by atoms with Crippen molar-refractivity contribution in [1.82, 2.24) is 9.97 Å². The maximum atomic E-state index is 11.2. The lowest BCUT2D eigenvalue weighted by Crippen LogP contribution is -2.18. The maximum absolute atomic E-state index is 11.2. The van der Waals surface area contributed by atoms with Gasteiger partial charge in [-0.1, -0.05) is 23.2 Å². The maximum Gasteiger partial charge on any atom is 0.412 e. The molecule has 1 aromatic rings. The molecule has 7 heteroatoms. The summed E-state index contributed by atoms with van der Waals surface area (Å²) in [6.07, 6.45) is 0.319. The second kappa shape index (κ2) is 5.14. The minimum atomic E-state index is -0.649. The molecule has 1 amide bonds. The highest BCUT2D eigenvalue weighted by molar-refractivity contribution is 6.38. The van der Waals surface area contributed by atoms with E-state index >= 15 is 0 Å². The number of carbonyl (C=O) groups excluding carboxylic acids is 1. The second-order valence-corrected chi connectivity index (χ2v) is 3.63. The number of anilines is 1. The van der Waals surface area contributed by atoms with Gasteiger partial charge in [0.2, 0.25) is 0 Å². The van der Waals surface area contributed by atoms with Gasteiger partial charge in [-0.05, 0) is 13.8 Å². The zero-order valence-corrected chi connectivity index (χ0v) is 9.63. The first kappa shape index (κ1) is 12.0. The van der Waals surface area contributed by atoms with E-state index in [2.05, 4.69) is 15.3 Å². The number of amides is 1. The smallest absolute Gasteiger partial charge is 0.412 e. The molecule has 5 nitrogen and oxygen atoms in total. The molecule has 0 aliphatic heterocycles. The van der Waals surface area contributed by atoms with Crippen molar-refractivity contribution in [2.75, 3.05) is 5.32 Å². The van der Waals surface area contributed by atoms with Crippen LogP contribution >= 0.6 is 23.2 Å². The van der Waals surface area contributed by atoms with Gasteiger partial charge in [0.15, 0.2) is 10.3 Å². The molecule has 0 aromatic carbocycles. The minimum absolute atomic E-state index is 0.0655. The molecule has 0 saturated carbocycles. The van der Waals surface area contributed by atoms with Crippen LogP contribution in [-0.4, -0.2) is 22.2 Å². The van der Waals surface area contributed by atoms with Gasteiger partial charge in [-0.3, -0.25) is 5.32 Å². The largest absolute Gasteiger partial charge is 0.447 e. The molecular weight excluding hydrogens is 241 g/mol. The summed E-state index contributed by atoms with van der Waals surface area (Å²) in [5.41, 5.74) is 0.145. The molecule has 0 aliphatic rings. The molecule has 82 valence electrons. The van der Waals surface area contributed by atoms with Crippen LogP contribution in [0.4, 0.5) is 10.5 Å². The van der Waals surface area contributed by atoms with Crippen molar-refractivity contribution < 1.29 is 9.53 Å².